The van der Waals surface area contributed by atoms with Gasteiger partial charge in [0.1, 0.15) is 6.04 Å². The molecule has 0 saturated carbocycles. The highest BCUT2D eigenvalue weighted by molar-refractivity contribution is 5.90. The number of benzene rings is 1. The van der Waals surface area contributed by atoms with Crippen LogP contribution in [0.15, 0.2) is 24.3 Å². The number of likely N-dealkylation sites (N-methyl/N-ethyl adjacent to an activating group) is 1. The summed E-state index contributed by atoms with van der Waals surface area (Å²) in [6.07, 6.45) is -0.649. The van der Waals surface area contributed by atoms with Crippen molar-refractivity contribution in [2.45, 2.75) is 92.4 Å². The SMILES string of the molecule is CC(=O)[C@@H](Cc1ccc(CC#N)cc1)OC(=O)[C@H](CC(C)C)N(C)C(=O)[C@@H](C)OC(=O)[C@@H](C)CC(C)C. The largest absolute Gasteiger partial charge is 0.452 e. The zero-order valence-corrected chi connectivity index (χ0v) is 23.4. The van der Waals surface area contributed by atoms with Crippen LogP contribution in [0, 0.1) is 29.1 Å². The molecule has 37 heavy (non-hydrogen) atoms. The summed E-state index contributed by atoms with van der Waals surface area (Å²) >= 11 is 0. The standard InChI is InChI=1S/C29H42N2O6/c1-18(2)15-20(5)28(34)36-22(7)27(33)31(8)25(16-19(3)4)29(35)37-26(21(6)32)17-24-11-9-23(10-12-24)13-14-30/h9-12,18-20,22,25-26H,13,15-17H2,1-8H3/t20-,22+,25-,26+/m0/s1. The first-order valence-electron chi connectivity index (χ1n) is 12.9. The van der Waals surface area contributed by atoms with E-state index in [2.05, 4.69) is 6.07 Å². The van der Waals surface area contributed by atoms with Crippen molar-refractivity contribution in [3.63, 3.8) is 0 Å². The van der Waals surface area contributed by atoms with Crippen LogP contribution in [0.25, 0.3) is 0 Å². The first-order valence-corrected chi connectivity index (χ1v) is 12.9. The van der Waals surface area contributed by atoms with Crippen LogP contribution >= 0.6 is 0 Å². The second-order valence-electron chi connectivity index (χ2n) is 10.6. The fourth-order valence-corrected chi connectivity index (χ4v) is 4.03. The summed E-state index contributed by atoms with van der Waals surface area (Å²) in [7, 11) is 1.48. The van der Waals surface area contributed by atoms with Crippen LogP contribution in [0.1, 0.15) is 72.4 Å². The topological polar surface area (TPSA) is 114 Å². The number of esters is 2. The van der Waals surface area contributed by atoms with Crippen LogP contribution in [0.2, 0.25) is 0 Å². The Morgan fingerprint density at radius 2 is 1.41 bits per heavy atom. The van der Waals surface area contributed by atoms with Crippen molar-refractivity contribution in [2.24, 2.45) is 17.8 Å². The van der Waals surface area contributed by atoms with Crippen molar-refractivity contribution in [3.05, 3.63) is 35.4 Å². The molecule has 0 aliphatic rings. The van der Waals surface area contributed by atoms with Crippen molar-refractivity contribution in [1.82, 2.24) is 4.90 Å². The number of ether oxygens (including phenoxy) is 2. The van der Waals surface area contributed by atoms with Gasteiger partial charge in [0.2, 0.25) is 0 Å². The highest BCUT2D eigenvalue weighted by Gasteiger charge is 2.35. The summed E-state index contributed by atoms with van der Waals surface area (Å²) in [5.74, 6) is -1.94. The average molecular weight is 515 g/mol. The van der Waals surface area contributed by atoms with Crippen LogP contribution < -0.4 is 0 Å². The Morgan fingerprint density at radius 1 is 0.865 bits per heavy atom. The lowest BCUT2D eigenvalue weighted by Gasteiger charge is -2.31. The zero-order valence-electron chi connectivity index (χ0n) is 23.4. The number of rotatable bonds is 14. The molecule has 4 atom stereocenters. The number of Topliss-reactive ketones (excluding diaryl/α,β-unsaturated/α-hetero) is 1. The molecule has 0 aliphatic carbocycles. The van der Waals surface area contributed by atoms with Gasteiger partial charge < -0.3 is 14.4 Å². The average Bonchev–Trinajstić information content (AvgIpc) is 2.81. The minimum Gasteiger partial charge on any atom is -0.452 e. The normalized spacial score (nSPS) is 14.3. The van der Waals surface area contributed by atoms with Gasteiger partial charge in [-0.15, -0.1) is 0 Å². The molecule has 8 heteroatoms. The number of ketones is 1. The summed E-state index contributed by atoms with van der Waals surface area (Å²) in [6.45, 7) is 12.5. The van der Waals surface area contributed by atoms with Gasteiger partial charge in [0, 0.05) is 13.5 Å². The molecule has 1 rings (SSSR count). The minimum atomic E-state index is -1.06. The highest BCUT2D eigenvalue weighted by Crippen LogP contribution is 2.19. The van der Waals surface area contributed by atoms with E-state index in [1.165, 1.54) is 25.8 Å². The molecule has 0 aliphatic heterocycles. The third-order valence-electron chi connectivity index (χ3n) is 6.09. The molecule has 0 unspecified atom stereocenters. The molecule has 0 bridgehead atoms. The van der Waals surface area contributed by atoms with E-state index in [-0.39, 0.29) is 30.5 Å². The second-order valence-corrected chi connectivity index (χ2v) is 10.6. The molecule has 204 valence electrons. The fourth-order valence-electron chi connectivity index (χ4n) is 4.03. The number of hydrogen-bond donors (Lipinski definition) is 0. The molecular weight excluding hydrogens is 472 g/mol. The number of nitrogens with zero attached hydrogens (tertiary/aromatic N) is 2. The molecule has 0 radical (unpaired) electrons. The van der Waals surface area contributed by atoms with E-state index in [9.17, 15) is 19.2 Å². The second kappa shape index (κ2) is 15.1. The molecule has 8 nitrogen and oxygen atoms in total. The Hall–Kier alpha value is -3.21. The summed E-state index contributed by atoms with van der Waals surface area (Å²) in [5, 5.41) is 8.83. The molecule has 1 amide bonds. The van der Waals surface area contributed by atoms with Gasteiger partial charge >= 0.3 is 11.9 Å². The molecule has 0 saturated heterocycles. The Balaban J connectivity index is 2.97. The lowest BCUT2D eigenvalue weighted by Crippen LogP contribution is -2.49. The summed E-state index contributed by atoms with van der Waals surface area (Å²) in [5.41, 5.74) is 1.64. The monoisotopic (exact) mass is 514 g/mol. The van der Waals surface area contributed by atoms with E-state index in [4.69, 9.17) is 14.7 Å². The first-order chi connectivity index (χ1) is 17.3. The smallest absolute Gasteiger partial charge is 0.329 e. The van der Waals surface area contributed by atoms with Gasteiger partial charge in [-0.1, -0.05) is 58.9 Å². The molecule has 0 aromatic heterocycles. The third-order valence-corrected chi connectivity index (χ3v) is 6.09. The van der Waals surface area contributed by atoms with Gasteiger partial charge in [-0.2, -0.15) is 5.26 Å². The molecule has 0 fully saturated rings. The number of carbonyl (C=O) groups excluding carboxylic acids is 4. The summed E-state index contributed by atoms with van der Waals surface area (Å²) < 4.78 is 11.0. The molecule has 1 aromatic carbocycles. The molecule has 0 N–H and O–H groups in total. The van der Waals surface area contributed by atoms with Gasteiger partial charge in [-0.25, -0.2) is 4.79 Å². The van der Waals surface area contributed by atoms with Crippen LogP contribution in [0.4, 0.5) is 0 Å². The van der Waals surface area contributed by atoms with E-state index < -0.39 is 36.1 Å². The van der Waals surface area contributed by atoms with Crippen molar-refractivity contribution < 1.29 is 28.7 Å². The quantitative estimate of drug-likeness (QED) is 0.340. The Labute approximate surface area is 221 Å². The third kappa shape index (κ3) is 10.7. The van der Waals surface area contributed by atoms with Gasteiger partial charge in [0.15, 0.2) is 18.0 Å². The van der Waals surface area contributed by atoms with Gasteiger partial charge in [0.05, 0.1) is 18.4 Å². The van der Waals surface area contributed by atoms with E-state index in [0.717, 1.165) is 11.1 Å². The number of carbonyl (C=O) groups is 4. The van der Waals surface area contributed by atoms with Crippen molar-refractivity contribution in [1.29, 1.82) is 5.26 Å². The molecule has 1 aromatic rings. The van der Waals surface area contributed by atoms with E-state index in [1.807, 2.05) is 27.7 Å². The summed E-state index contributed by atoms with van der Waals surface area (Å²) in [4.78, 5) is 52.3. The van der Waals surface area contributed by atoms with E-state index >= 15 is 0 Å². The van der Waals surface area contributed by atoms with Crippen LogP contribution in [0.3, 0.4) is 0 Å². The predicted octanol–water partition coefficient (Wildman–Crippen LogP) is 4.28. The first kappa shape index (κ1) is 31.8. The summed E-state index contributed by atoms with van der Waals surface area (Å²) in [6, 6.07) is 8.34. The van der Waals surface area contributed by atoms with Crippen molar-refractivity contribution in [3.8, 4) is 6.07 Å². The van der Waals surface area contributed by atoms with Gasteiger partial charge in [-0.3, -0.25) is 14.4 Å². The molecule has 0 heterocycles. The molecule has 0 spiro atoms. The lowest BCUT2D eigenvalue weighted by atomic mass is 9.99. The lowest BCUT2D eigenvalue weighted by molar-refractivity contribution is -0.168. The maximum atomic E-state index is 13.2. The number of hydrogen-bond acceptors (Lipinski definition) is 7. The van der Waals surface area contributed by atoms with Gasteiger partial charge in [0.25, 0.3) is 5.91 Å². The van der Waals surface area contributed by atoms with E-state index in [1.54, 1.807) is 31.2 Å². The van der Waals surface area contributed by atoms with Crippen molar-refractivity contribution in [2.75, 3.05) is 7.05 Å². The molecular formula is C29H42N2O6. The Bertz CT molecular complexity index is 964. The fraction of sp³-hybridized carbons (Fsp3) is 0.621. The Morgan fingerprint density at radius 3 is 1.89 bits per heavy atom. The van der Waals surface area contributed by atoms with E-state index in [0.29, 0.717) is 18.8 Å². The van der Waals surface area contributed by atoms with Crippen LogP contribution in [0.5, 0.6) is 0 Å². The van der Waals surface area contributed by atoms with Crippen LogP contribution in [-0.4, -0.2) is 53.8 Å². The number of amides is 1. The Kier molecular flexibility index (Phi) is 13.0. The van der Waals surface area contributed by atoms with Gasteiger partial charge in [-0.05, 0) is 49.7 Å². The minimum absolute atomic E-state index is 0.0557. The van der Waals surface area contributed by atoms with Crippen molar-refractivity contribution >= 4 is 23.6 Å². The highest BCUT2D eigenvalue weighted by atomic mass is 16.6. The maximum Gasteiger partial charge on any atom is 0.329 e. The maximum absolute atomic E-state index is 13.2. The predicted molar refractivity (Wildman–Crippen MR) is 140 cm³/mol. The number of nitriles is 1. The van der Waals surface area contributed by atoms with Crippen LogP contribution in [-0.2, 0) is 41.5 Å². The zero-order chi connectivity index (χ0) is 28.3.